The Morgan fingerprint density at radius 3 is 3.00 bits per heavy atom. The molecule has 0 amide bonds. The molecule has 1 N–H and O–H groups in total. The van der Waals surface area contributed by atoms with Gasteiger partial charge < -0.3 is 10.1 Å². The zero-order valence-electron chi connectivity index (χ0n) is 11.3. The van der Waals surface area contributed by atoms with Gasteiger partial charge in [0.05, 0.1) is 6.54 Å². The third kappa shape index (κ3) is 2.97. The number of nitrogens with zero attached hydrogens (tertiary/aromatic N) is 1. The first-order valence-electron chi connectivity index (χ1n) is 6.38. The van der Waals surface area contributed by atoms with Gasteiger partial charge in [0.25, 0.3) is 0 Å². The quantitative estimate of drug-likeness (QED) is 0.900. The highest BCUT2D eigenvalue weighted by molar-refractivity contribution is 7.15. The molecule has 0 spiro atoms. The van der Waals surface area contributed by atoms with Gasteiger partial charge in [0, 0.05) is 22.3 Å². The lowest BCUT2D eigenvalue weighted by molar-refractivity contribution is 0.159. The number of aromatic nitrogens is 1. The predicted molar refractivity (Wildman–Crippen MR) is 84.6 cm³/mol. The first kappa shape index (κ1) is 13.5. The average molecular weight is 307 g/mol. The number of thiazole rings is 1. The van der Waals surface area contributed by atoms with Crippen molar-refractivity contribution >= 4 is 34.7 Å². The van der Waals surface area contributed by atoms with Gasteiger partial charge in [0.2, 0.25) is 0 Å². The van der Waals surface area contributed by atoms with E-state index in [2.05, 4.69) is 28.5 Å². The SMILES string of the molecule is CC1(C)C=Cc2cc(NCc3cnc(Cl)s3)ccc2O1. The Kier molecular flexibility index (Phi) is 3.44. The molecule has 1 aromatic heterocycles. The molecule has 0 bridgehead atoms. The average Bonchev–Trinajstić information content (AvgIpc) is 2.81. The van der Waals surface area contributed by atoms with Gasteiger partial charge in [0.1, 0.15) is 11.4 Å². The Morgan fingerprint density at radius 1 is 1.40 bits per heavy atom. The van der Waals surface area contributed by atoms with Crippen LogP contribution in [0.1, 0.15) is 24.3 Å². The second kappa shape index (κ2) is 5.11. The number of nitrogens with one attached hydrogen (secondary N) is 1. The largest absolute Gasteiger partial charge is 0.483 e. The summed E-state index contributed by atoms with van der Waals surface area (Å²) in [6.45, 7) is 4.82. The molecule has 0 unspecified atom stereocenters. The van der Waals surface area contributed by atoms with Crippen molar-refractivity contribution in [2.75, 3.05) is 5.32 Å². The summed E-state index contributed by atoms with van der Waals surface area (Å²) in [5.74, 6) is 0.920. The van der Waals surface area contributed by atoms with Gasteiger partial charge in [-0.15, -0.1) is 11.3 Å². The van der Waals surface area contributed by atoms with Crippen molar-refractivity contribution < 1.29 is 4.74 Å². The Morgan fingerprint density at radius 2 is 2.25 bits per heavy atom. The summed E-state index contributed by atoms with van der Waals surface area (Å²) in [4.78, 5) is 5.14. The molecule has 1 aromatic carbocycles. The second-order valence-electron chi connectivity index (χ2n) is 5.22. The lowest BCUT2D eigenvalue weighted by Gasteiger charge is -2.28. The van der Waals surface area contributed by atoms with Crippen LogP contribution >= 0.6 is 22.9 Å². The summed E-state index contributed by atoms with van der Waals surface area (Å²) in [7, 11) is 0. The Labute approximate surface area is 127 Å². The van der Waals surface area contributed by atoms with Gasteiger partial charge in [-0.1, -0.05) is 17.7 Å². The molecule has 3 nitrogen and oxygen atoms in total. The third-order valence-electron chi connectivity index (χ3n) is 3.04. The first-order chi connectivity index (χ1) is 9.52. The molecular formula is C15H15ClN2OS. The lowest BCUT2D eigenvalue weighted by atomic mass is 10.0. The van der Waals surface area contributed by atoms with Crippen molar-refractivity contribution in [2.45, 2.75) is 26.0 Å². The number of halogens is 1. The van der Waals surface area contributed by atoms with Crippen LogP contribution in [0, 0.1) is 0 Å². The molecule has 1 aliphatic rings. The van der Waals surface area contributed by atoms with E-state index in [0.29, 0.717) is 4.47 Å². The maximum Gasteiger partial charge on any atom is 0.183 e. The number of hydrogen-bond donors (Lipinski definition) is 1. The monoisotopic (exact) mass is 306 g/mol. The van der Waals surface area contributed by atoms with Crippen LogP contribution in [-0.4, -0.2) is 10.6 Å². The van der Waals surface area contributed by atoms with Crippen molar-refractivity contribution in [3.63, 3.8) is 0 Å². The van der Waals surface area contributed by atoms with Crippen molar-refractivity contribution in [1.29, 1.82) is 0 Å². The highest BCUT2D eigenvalue weighted by Gasteiger charge is 2.21. The minimum Gasteiger partial charge on any atom is -0.483 e. The van der Waals surface area contributed by atoms with E-state index in [-0.39, 0.29) is 5.60 Å². The smallest absolute Gasteiger partial charge is 0.183 e. The molecule has 2 aromatic rings. The summed E-state index contributed by atoms with van der Waals surface area (Å²) in [6.07, 6.45) is 5.97. The molecule has 0 radical (unpaired) electrons. The van der Waals surface area contributed by atoms with Crippen LogP contribution in [0.4, 0.5) is 5.69 Å². The second-order valence-corrected chi connectivity index (χ2v) is 6.92. The van der Waals surface area contributed by atoms with E-state index in [9.17, 15) is 0 Å². The molecule has 0 atom stereocenters. The van der Waals surface area contributed by atoms with Gasteiger partial charge in [-0.05, 0) is 38.1 Å². The number of anilines is 1. The number of fused-ring (bicyclic) bond motifs is 1. The Balaban J connectivity index is 1.73. The van der Waals surface area contributed by atoms with Gasteiger partial charge in [-0.3, -0.25) is 0 Å². The zero-order chi connectivity index (χ0) is 14.2. The van der Waals surface area contributed by atoms with Crippen LogP contribution in [0.5, 0.6) is 5.75 Å². The van der Waals surface area contributed by atoms with E-state index < -0.39 is 0 Å². The number of rotatable bonds is 3. The van der Waals surface area contributed by atoms with Gasteiger partial charge in [0.15, 0.2) is 4.47 Å². The van der Waals surface area contributed by atoms with E-state index in [1.165, 1.54) is 11.3 Å². The van der Waals surface area contributed by atoms with Crippen molar-refractivity contribution in [1.82, 2.24) is 4.98 Å². The third-order valence-corrected chi connectivity index (χ3v) is 4.15. The van der Waals surface area contributed by atoms with E-state index in [0.717, 1.165) is 28.4 Å². The van der Waals surface area contributed by atoms with Gasteiger partial charge in [-0.2, -0.15) is 0 Å². The molecule has 5 heteroatoms. The molecular weight excluding hydrogens is 292 g/mol. The maximum atomic E-state index is 5.90. The molecule has 2 heterocycles. The first-order valence-corrected chi connectivity index (χ1v) is 7.58. The molecule has 3 rings (SSSR count). The molecule has 20 heavy (non-hydrogen) atoms. The normalized spacial score (nSPS) is 15.6. The number of ether oxygens (including phenoxy) is 1. The van der Waals surface area contributed by atoms with Crippen molar-refractivity contribution in [3.05, 3.63) is 45.4 Å². The van der Waals surface area contributed by atoms with Crippen molar-refractivity contribution in [2.24, 2.45) is 0 Å². The predicted octanol–water partition coefficient (Wildman–Crippen LogP) is 4.59. The van der Waals surface area contributed by atoms with E-state index in [1.807, 2.05) is 26.0 Å². The molecule has 0 fully saturated rings. The molecule has 0 saturated carbocycles. The molecule has 0 aliphatic carbocycles. The number of benzene rings is 1. The fourth-order valence-electron chi connectivity index (χ4n) is 2.04. The van der Waals surface area contributed by atoms with E-state index in [4.69, 9.17) is 16.3 Å². The zero-order valence-corrected chi connectivity index (χ0v) is 12.9. The Bertz CT molecular complexity index is 664. The van der Waals surface area contributed by atoms with Crippen LogP contribution in [0.2, 0.25) is 4.47 Å². The lowest BCUT2D eigenvalue weighted by Crippen LogP contribution is -2.27. The molecule has 1 aliphatic heterocycles. The van der Waals surface area contributed by atoms with E-state index in [1.54, 1.807) is 6.20 Å². The van der Waals surface area contributed by atoms with Gasteiger partial charge in [-0.25, -0.2) is 4.98 Å². The fraction of sp³-hybridized carbons (Fsp3) is 0.267. The van der Waals surface area contributed by atoms with Gasteiger partial charge >= 0.3 is 0 Å². The van der Waals surface area contributed by atoms with Crippen molar-refractivity contribution in [3.8, 4) is 5.75 Å². The minimum absolute atomic E-state index is 0.235. The standard InChI is InChI=1S/C15H15ClN2OS/c1-15(2)6-5-10-7-11(3-4-13(10)19-15)17-8-12-9-18-14(16)20-12/h3-7,9,17H,8H2,1-2H3. The highest BCUT2D eigenvalue weighted by atomic mass is 35.5. The molecule has 104 valence electrons. The maximum absolute atomic E-state index is 5.90. The summed E-state index contributed by atoms with van der Waals surface area (Å²) in [6, 6.07) is 6.11. The van der Waals surface area contributed by atoms with Crippen LogP contribution in [0.3, 0.4) is 0 Å². The van der Waals surface area contributed by atoms with Crippen LogP contribution < -0.4 is 10.1 Å². The van der Waals surface area contributed by atoms with Crippen LogP contribution in [0.25, 0.3) is 6.08 Å². The summed E-state index contributed by atoms with van der Waals surface area (Å²) >= 11 is 7.31. The minimum atomic E-state index is -0.235. The topological polar surface area (TPSA) is 34.2 Å². The Hall–Kier alpha value is -1.52. The van der Waals surface area contributed by atoms with Crippen LogP contribution in [-0.2, 0) is 6.54 Å². The summed E-state index contributed by atoms with van der Waals surface area (Å²) in [5.41, 5.74) is 1.92. The molecule has 0 saturated heterocycles. The highest BCUT2D eigenvalue weighted by Crippen LogP contribution is 2.32. The van der Waals surface area contributed by atoms with E-state index >= 15 is 0 Å². The fourth-order valence-corrected chi connectivity index (χ4v) is 2.96. The summed E-state index contributed by atoms with van der Waals surface area (Å²) < 4.78 is 6.48. The van der Waals surface area contributed by atoms with Crippen LogP contribution in [0.15, 0.2) is 30.5 Å². The summed E-state index contributed by atoms with van der Waals surface area (Å²) in [5, 5.41) is 3.37. The number of hydrogen-bond acceptors (Lipinski definition) is 4.